The van der Waals surface area contributed by atoms with Gasteiger partial charge in [0.15, 0.2) is 6.10 Å². The third kappa shape index (κ3) is 6.37. The first-order valence-corrected chi connectivity index (χ1v) is 13.2. The van der Waals surface area contributed by atoms with Gasteiger partial charge in [-0.05, 0) is 53.4 Å². The molecule has 3 aliphatic heterocycles. The Morgan fingerprint density at radius 2 is 1.54 bits per heavy atom. The molecule has 3 saturated heterocycles. The predicted molar refractivity (Wildman–Crippen MR) is 138 cm³/mol. The molecule has 3 aromatic rings. The number of hydrogen-bond donors (Lipinski definition) is 0. The maximum atomic E-state index is 14.0. The van der Waals surface area contributed by atoms with E-state index < -0.39 is 17.7 Å². The van der Waals surface area contributed by atoms with Crippen LogP contribution < -0.4 is 4.74 Å². The number of rotatable bonds is 10. The van der Waals surface area contributed by atoms with Gasteiger partial charge in [0.2, 0.25) is 0 Å². The third-order valence-electron chi connectivity index (χ3n) is 8.01. The summed E-state index contributed by atoms with van der Waals surface area (Å²) < 4.78 is 40.8. The number of hydrogen-bond acceptors (Lipinski definition) is 3. The number of esters is 1. The molecule has 6 heteroatoms. The zero-order valence-corrected chi connectivity index (χ0v) is 21.0. The van der Waals surface area contributed by atoms with Gasteiger partial charge >= 0.3 is 5.97 Å². The number of ether oxygens (including phenoxy) is 2. The van der Waals surface area contributed by atoms with Crippen molar-refractivity contribution in [2.24, 2.45) is 11.8 Å². The number of halogens is 2. The SMILES string of the molecule is O=C(C[C@H]1C[N+]2(CCCOc3ccccc3)CCC1CC2)OC(c1cccc(F)c1)c1cccc(F)c1. The summed E-state index contributed by atoms with van der Waals surface area (Å²) in [6.07, 6.45) is 2.69. The van der Waals surface area contributed by atoms with Crippen molar-refractivity contribution in [1.82, 2.24) is 0 Å². The molecule has 6 rings (SSSR count). The normalized spacial score (nSPS) is 22.7. The number of para-hydroxylation sites is 1. The van der Waals surface area contributed by atoms with E-state index in [1.807, 2.05) is 30.3 Å². The molecule has 0 unspecified atom stereocenters. The standard InChI is InChI=1S/C31H34F2NO3/c32-27-9-4-7-24(19-27)31(25-8-5-10-28(33)20-25)37-30(35)21-26-22-34(16-13-23(26)14-17-34)15-6-18-36-29-11-2-1-3-12-29/h1-5,7-12,19-20,23,26,31H,6,13-18,21-22H2/q+1/t23?,26-,34?/m0/s1. The van der Waals surface area contributed by atoms with E-state index in [1.165, 1.54) is 24.3 Å². The average Bonchev–Trinajstić information content (AvgIpc) is 2.91. The van der Waals surface area contributed by atoms with Crippen LogP contribution in [-0.4, -0.2) is 43.2 Å². The number of nitrogens with zero attached hydrogens (tertiary/aromatic N) is 1. The lowest BCUT2D eigenvalue weighted by Crippen LogP contribution is -2.62. The number of benzene rings is 3. The lowest BCUT2D eigenvalue weighted by atomic mass is 9.75. The van der Waals surface area contributed by atoms with Gasteiger partial charge in [-0.25, -0.2) is 8.78 Å². The summed E-state index contributed by atoms with van der Waals surface area (Å²) in [7, 11) is 0. The minimum atomic E-state index is -0.849. The maximum absolute atomic E-state index is 14.0. The highest BCUT2D eigenvalue weighted by molar-refractivity contribution is 5.70. The molecule has 3 fully saturated rings. The zero-order valence-electron chi connectivity index (χ0n) is 21.0. The van der Waals surface area contributed by atoms with E-state index >= 15 is 0 Å². The summed E-state index contributed by atoms with van der Waals surface area (Å²) in [5.74, 6) is 0.514. The highest BCUT2D eigenvalue weighted by Crippen LogP contribution is 2.40. The molecular weight excluding hydrogens is 472 g/mol. The third-order valence-corrected chi connectivity index (χ3v) is 8.01. The van der Waals surface area contributed by atoms with Crippen LogP contribution in [0, 0.1) is 23.5 Å². The topological polar surface area (TPSA) is 35.5 Å². The number of fused-ring (bicyclic) bond motifs is 3. The molecule has 0 radical (unpaired) electrons. The van der Waals surface area contributed by atoms with E-state index in [2.05, 4.69) is 0 Å². The molecule has 1 atom stereocenters. The molecule has 37 heavy (non-hydrogen) atoms. The molecule has 0 amide bonds. The number of quaternary nitrogens is 1. The number of carbonyl (C=O) groups is 1. The molecule has 194 valence electrons. The Balaban J connectivity index is 1.21. The van der Waals surface area contributed by atoms with Crippen molar-refractivity contribution in [3.05, 3.63) is 102 Å². The number of piperidine rings is 3. The van der Waals surface area contributed by atoms with Crippen LogP contribution in [0.15, 0.2) is 78.9 Å². The van der Waals surface area contributed by atoms with Crippen LogP contribution in [-0.2, 0) is 9.53 Å². The zero-order chi connectivity index (χ0) is 25.7. The summed E-state index contributed by atoms with van der Waals surface area (Å²) in [6, 6.07) is 21.8. The highest BCUT2D eigenvalue weighted by atomic mass is 19.1. The Hall–Kier alpha value is -3.25. The molecule has 0 saturated carbocycles. The summed E-state index contributed by atoms with van der Waals surface area (Å²) in [4.78, 5) is 13.2. The lowest BCUT2D eigenvalue weighted by molar-refractivity contribution is -0.947. The fourth-order valence-electron chi connectivity index (χ4n) is 6.15. The molecule has 3 heterocycles. The van der Waals surface area contributed by atoms with Crippen molar-refractivity contribution in [2.45, 2.75) is 31.8 Å². The van der Waals surface area contributed by atoms with Crippen LogP contribution in [0.5, 0.6) is 5.75 Å². The van der Waals surface area contributed by atoms with E-state index in [9.17, 15) is 13.6 Å². The van der Waals surface area contributed by atoms with E-state index in [-0.39, 0.29) is 11.9 Å². The largest absolute Gasteiger partial charge is 0.493 e. The molecule has 3 aliphatic rings. The van der Waals surface area contributed by atoms with Crippen LogP contribution in [0.1, 0.15) is 42.9 Å². The van der Waals surface area contributed by atoms with Gasteiger partial charge in [-0.15, -0.1) is 0 Å². The Kier molecular flexibility index (Phi) is 7.85. The van der Waals surface area contributed by atoms with Crippen molar-refractivity contribution < 1.29 is 27.5 Å². The van der Waals surface area contributed by atoms with Crippen LogP contribution in [0.2, 0.25) is 0 Å². The van der Waals surface area contributed by atoms with Gasteiger partial charge in [0, 0.05) is 25.2 Å². The summed E-state index contributed by atoms with van der Waals surface area (Å²) in [5, 5.41) is 0. The average molecular weight is 507 g/mol. The summed E-state index contributed by atoms with van der Waals surface area (Å²) >= 11 is 0. The van der Waals surface area contributed by atoms with Crippen molar-refractivity contribution >= 4 is 5.97 Å². The van der Waals surface area contributed by atoms with Crippen LogP contribution >= 0.6 is 0 Å². The van der Waals surface area contributed by atoms with Gasteiger partial charge in [-0.2, -0.15) is 0 Å². The second-order valence-electron chi connectivity index (χ2n) is 10.5. The molecule has 4 nitrogen and oxygen atoms in total. The van der Waals surface area contributed by atoms with Crippen LogP contribution in [0.25, 0.3) is 0 Å². The fourth-order valence-corrected chi connectivity index (χ4v) is 6.15. The van der Waals surface area contributed by atoms with Crippen LogP contribution in [0.3, 0.4) is 0 Å². The molecule has 0 aromatic heterocycles. The molecule has 0 N–H and O–H groups in total. The van der Waals surface area contributed by atoms with Crippen molar-refractivity contribution in [2.75, 3.05) is 32.8 Å². The van der Waals surface area contributed by atoms with Gasteiger partial charge in [0.25, 0.3) is 0 Å². The lowest BCUT2D eigenvalue weighted by Gasteiger charge is -2.52. The van der Waals surface area contributed by atoms with Gasteiger partial charge < -0.3 is 14.0 Å². The van der Waals surface area contributed by atoms with Crippen LogP contribution in [0.4, 0.5) is 8.78 Å². The quantitative estimate of drug-likeness (QED) is 0.184. The second-order valence-corrected chi connectivity index (χ2v) is 10.5. The first-order valence-electron chi connectivity index (χ1n) is 13.2. The Morgan fingerprint density at radius 1 is 0.892 bits per heavy atom. The fraction of sp³-hybridized carbons (Fsp3) is 0.387. The van der Waals surface area contributed by atoms with E-state index in [1.54, 1.807) is 24.3 Å². The molecule has 2 bridgehead atoms. The van der Waals surface area contributed by atoms with Gasteiger partial charge in [-0.3, -0.25) is 4.79 Å². The van der Waals surface area contributed by atoms with E-state index in [0.717, 1.165) is 55.7 Å². The summed E-state index contributed by atoms with van der Waals surface area (Å²) in [5.41, 5.74) is 0.990. The van der Waals surface area contributed by atoms with Gasteiger partial charge in [0.1, 0.15) is 17.4 Å². The highest BCUT2D eigenvalue weighted by Gasteiger charge is 2.46. The second kappa shape index (κ2) is 11.4. The van der Waals surface area contributed by atoms with E-state index in [0.29, 0.717) is 30.1 Å². The van der Waals surface area contributed by atoms with E-state index in [4.69, 9.17) is 9.47 Å². The van der Waals surface area contributed by atoms with Crippen molar-refractivity contribution in [3.8, 4) is 5.75 Å². The Labute approximate surface area is 217 Å². The number of carbonyl (C=O) groups excluding carboxylic acids is 1. The smallest absolute Gasteiger partial charge is 0.307 e. The first kappa shape index (κ1) is 25.4. The first-order chi connectivity index (χ1) is 18.0. The predicted octanol–water partition coefficient (Wildman–Crippen LogP) is 6.31. The minimum absolute atomic E-state index is 0.255. The minimum Gasteiger partial charge on any atom is -0.493 e. The maximum Gasteiger partial charge on any atom is 0.307 e. The Morgan fingerprint density at radius 3 is 2.16 bits per heavy atom. The molecular formula is C31H34F2NO3+. The summed E-state index contributed by atoms with van der Waals surface area (Å²) in [6.45, 7) is 4.99. The molecule has 0 aliphatic carbocycles. The van der Waals surface area contributed by atoms with Gasteiger partial charge in [-0.1, -0.05) is 42.5 Å². The van der Waals surface area contributed by atoms with Crippen molar-refractivity contribution in [1.29, 1.82) is 0 Å². The molecule has 3 aromatic carbocycles. The van der Waals surface area contributed by atoms with Crippen molar-refractivity contribution in [3.63, 3.8) is 0 Å². The molecule has 0 spiro atoms. The van der Waals surface area contributed by atoms with Gasteiger partial charge in [0.05, 0.1) is 39.2 Å². The monoisotopic (exact) mass is 506 g/mol. The Bertz CT molecular complexity index is 1150.